The maximum Gasteiger partial charge on any atom is 0.257 e. The molecule has 0 saturated heterocycles. The summed E-state index contributed by atoms with van der Waals surface area (Å²) in [6.45, 7) is 1.94. The van der Waals surface area contributed by atoms with Crippen molar-refractivity contribution < 1.29 is 9.53 Å². The van der Waals surface area contributed by atoms with E-state index in [0.717, 1.165) is 27.9 Å². The summed E-state index contributed by atoms with van der Waals surface area (Å²) in [5, 5.41) is 3.94. The first kappa shape index (κ1) is 13.2. The highest BCUT2D eigenvalue weighted by atomic mass is 16.5. The van der Waals surface area contributed by atoms with Crippen molar-refractivity contribution >= 4 is 22.5 Å². The van der Waals surface area contributed by atoms with E-state index in [1.54, 1.807) is 7.11 Å². The molecule has 1 heterocycles. The minimum absolute atomic E-state index is 0.132. The van der Waals surface area contributed by atoms with Gasteiger partial charge in [-0.05, 0) is 42.8 Å². The minimum Gasteiger partial charge on any atom is -0.496 e. The van der Waals surface area contributed by atoms with E-state index in [4.69, 9.17) is 4.74 Å². The van der Waals surface area contributed by atoms with Crippen LogP contribution in [0, 0.1) is 6.92 Å². The summed E-state index contributed by atoms with van der Waals surface area (Å²) in [6.07, 6.45) is 1.83. The lowest BCUT2D eigenvalue weighted by Crippen LogP contribution is -2.12. The zero-order chi connectivity index (χ0) is 14.8. The molecule has 0 bridgehead atoms. The third-order valence-corrected chi connectivity index (χ3v) is 3.48. The number of rotatable bonds is 3. The number of aromatic amines is 1. The third kappa shape index (κ3) is 2.48. The van der Waals surface area contributed by atoms with Crippen LogP contribution in [-0.2, 0) is 0 Å². The van der Waals surface area contributed by atoms with Crippen molar-refractivity contribution in [2.75, 3.05) is 12.4 Å². The van der Waals surface area contributed by atoms with E-state index >= 15 is 0 Å². The number of hydrogen-bond donors (Lipinski definition) is 2. The number of fused-ring (bicyclic) bond motifs is 1. The molecule has 0 aliphatic carbocycles. The van der Waals surface area contributed by atoms with E-state index < -0.39 is 0 Å². The van der Waals surface area contributed by atoms with Gasteiger partial charge in [0.2, 0.25) is 0 Å². The van der Waals surface area contributed by atoms with Gasteiger partial charge >= 0.3 is 0 Å². The highest BCUT2D eigenvalue weighted by Crippen LogP contribution is 2.23. The molecule has 0 unspecified atom stereocenters. The second-order valence-electron chi connectivity index (χ2n) is 4.89. The van der Waals surface area contributed by atoms with Gasteiger partial charge in [0, 0.05) is 17.3 Å². The molecule has 106 valence electrons. The van der Waals surface area contributed by atoms with Gasteiger partial charge in [-0.3, -0.25) is 4.79 Å². The second-order valence-corrected chi connectivity index (χ2v) is 4.89. The molecule has 2 aromatic carbocycles. The largest absolute Gasteiger partial charge is 0.496 e. The van der Waals surface area contributed by atoms with Crippen LogP contribution in [0.5, 0.6) is 5.75 Å². The van der Waals surface area contributed by atoms with Gasteiger partial charge in [-0.2, -0.15) is 0 Å². The lowest BCUT2D eigenvalue weighted by molar-refractivity contribution is 0.102. The molecular formula is C17H16N2O2. The van der Waals surface area contributed by atoms with Crippen LogP contribution in [0.3, 0.4) is 0 Å². The van der Waals surface area contributed by atoms with Crippen LogP contribution < -0.4 is 10.1 Å². The lowest BCUT2D eigenvalue weighted by Gasteiger charge is -2.09. The quantitative estimate of drug-likeness (QED) is 0.768. The summed E-state index contributed by atoms with van der Waals surface area (Å²) >= 11 is 0. The fraction of sp³-hybridized carbons (Fsp3) is 0.118. The Labute approximate surface area is 122 Å². The summed E-state index contributed by atoms with van der Waals surface area (Å²) in [6, 6.07) is 13.2. The maximum absolute atomic E-state index is 12.4. The number of benzene rings is 2. The summed E-state index contributed by atoms with van der Waals surface area (Å²) in [4.78, 5) is 15.5. The number of anilines is 1. The number of nitrogens with one attached hydrogen (secondary N) is 2. The Morgan fingerprint density at radius 2 is 2.05 bits per heavy atom. The average Bonchev–Trinajstić information content (AvgIpc) is 2.95. The molecule has 0 aliphatic rings. The number of amides is 1. The molecule has 2 N–H and O–H groups in total. The van der Waals surface area contributed by atoms with Crippen LogP contribution in [-0.4, -0.2) is 18.0 Å². The van der Waals surface area contributed by atoms with Crippen LogP contribution in [0.1, 0.15) is 15.9 Å². The van der Waals surface area contributed by atoms with Gasteiger partial charge < -0.3 is 15.0 Å². The van der Waals surface area contributed by atoms with E-state index in [-0.39, 0.29) is 5.91 Å². The maximum atomic E-state index is 12.4. The highest BCUT2D eigenvalue weighted by Gasteiger charge is 2.11. The van der Waals surface area contributed by atoms with Crippen LogP contribution in [0.15, 0.2) is 48.7 Å². The molecule has 3 aromatic rings. The highest BCUT2D eigenvalue weighted by molar-refractivity contribution is 6.12. The van der Waals surface area contributed by atoms with Gasteiger partial charge in [0.05, 0.1) is 18.2 Å². The van der Waals surface area contributed by atoms with Crippen LogP contribution in [0.4, 0.5) is 5.69 Å². The molecule has 1 aromatic heterocycles. The molecular weight excluding hydrogens is 264 g/mol. The molecule has 1 amide bonds. The molecule has 0 fully saturated rings. The van der Waals surface area contributed by atoms with Crippen LogP contribution in [0.25, 0.3) is 10.9 Å². The Hall–Kier alpha value is -2.75. The number of hydrogen-bond acceptors (Lipinski definition) is 2. The van der Waals surface area contributed by atoms with Gasteiger partial charge in [0.25, 0.3) is 5.91 Å². The Bertz CT molecular complexity index is 805. The summed E-state index contributed by atoms with van der Waals surface area (Å²) < 4.78 is 5.22. The zero-order valence-electron chi connectivity index (χ0n) is 11.9. The van der Waals surface area contributed by atoms with E-state index in [9.17, 15) is 4.79 Å². The van der Waals surface area contributed by atoms with Crippen molar-refractivity contribution in [3.05, 3.63) is 59.8 Å². The number of aryl methyl sites for hydroxylation is 1. The van der Waals surface area contributed by atoms with Gasteiger partial charge in [0.15, 0.2) is 0 Å². The molecule has 0 atom stereocenters. The Morgan fingerprint density at radius 3 is 2.81 bits per heavy atom. The number of para-hydroxylation sites is 1. The summed E-state index contributed by atoms with van der Waals surface area (Å²) in [5.41, 5.74) is 3.21. The van der Waals surface area contributed by atoms with Crippen molar-refractivity contribution in [3.8, 4) is 5.75 Å². The molecule has 21 heavy (non-hydrogen) atoms. The number of ether oxygens (including phenoxy) is 1. The molecule has 4 heteroatoms. The molecule has 4 nitrogen and oxygen atoms in total. The number of carbonyl (C=O) groups excluding carboxylic acids is 1. The Kier molecular flexibility index (Phi) is 3.36. The van der Waals surface area contributed by atoms with Gasteiger partial charge in [-0.25, -0.2) is 0 Å². The first-order valence-corrected chi connectivity index (χ1v) is 6.71. The smallest absolute Gasteiger partial charge is 0.257 e. The summed E-state index contributed by atoms with van der Waals surface area (Å²) in [7, 11) is 1.63. The SMILES string of the molecule is COc1ccc(NC(=O)c2cccc3cc[nH]c23)cc1C. The average molecular weight is 280 g/mol. The normalized spacial score (nSPS) is 10.6. The minimum atomic E-state index is -0.132. The Morgan fingerprint density at radius 1 is 1.19 bits per heavy atom. The molecule has 0 radical (unpaired) electrons. The first-order valence-electron chi connectivity index (χ1n) is 6.71. The second kappa shape index (κ2) is 5.32. The zero-order valence-corrected chi connectivity index (χ0v) is 11.9. The molecule has 0 saturated carbocycles. The van der Waals surface area contributed by atoms with Crippen molar-refractivity contribution in [1.29, 1.82) is 0 Å². The standard InChI is InChI=1S/C17H16N2O2/c1-11-10-13(6-7-15(11)21-2)19-17(20)14-5-3-4-12-8-9-18-16(12)14/h3-10,18H,1-2H3,(H,19,20). The van der Waals surface area contributed by atoms with Crippen molar-refractivity contribution in [1.82, 2.24) is 4.98 Å². The van der Waals surface area contributed by atoms with Crippen LogP contribution >= 0.6 is 0 Å². The Balaban J connectivity index is 1.89. The molecule has 0 aliphatic heterocycles. The predicted octanol–water partition coefficient (Wildman–Crippen LogP) is 3.74. The van der Waals surface area contributed by atoms with E-state index in [1.165, 1.54) is 0 Å². The van der Waals surface area contributed by atoms with Crippen molar-refractivity contribution in [2.45, 2.75) is 6.92 Å². The van der Waals surface area contributed by atoms with E-state index in [0.29, 0.717) is 5.56 Å². The predicted molar refractivity (Wildman–Crippen MR) is 84.0 cm³/mol. The summed E-state index contributed by atoms with van der Waals surface area (Å²) in [5.74, 6) is 0.673. The fourth-order valence-electron chi connectivity index (χ4n) is 2.43. The third-order valence-electron chi connectivity index (χ3n) is 3.48. The van der Waals surface area contributed by atoms with Crippen LogP contribution in [0.2, 0.25) is 0 Å². The number of aromatic nitrogens is 1. The topological polar surface area (TPSA) is 54.1 Å². The number of carbonyl (C=O) groups is 1. The number of methoxy groups -OCH3 is 1. The van der Waals surface area contributed by atoms with Gasteiger partial charge in [-0.1, -0.05) is 12.1 Å². The monoisotopic (exact) mass is 280 g/mol. The van der Waals surface area contributed by atoms with E-state index in [1.807, 2.05) is 55.6 Å². The first-order chi connectivity index (χ1) is 10.2. The van der Waals surface area contributed by atoms with Crippen molar-refractivity contribution in [2.24, 2.45) is 0 Å². The van der Waals surface area contributed by atoms with E-state index in [2.05, 4.69) is 10.3 Å². The van der Waals surface area contributed by atoms with Crippen molar-refractivity contribution in [3.63, 3.8) is 0 Å². The number of H-pyrrole nitrogens is 1. The fourth-order valence-corrected chi connectivity index (χ4v) is 2.43. The van der Waals surface area contributed by atoms with Gasteiger partial charge in [-0.15, -0.1) is 0 Å². The molecule has 3 rings (SSSR count). The van der Waals surface area contributed by atoms with Gasteiger partial charge in [0.1, 0.15) is 5.75 Å². The molecule has 0 spiro atoms. The lowest BCUT2D eigenvalue weighted by atomic mass is 10.1.